The number of hydrogen-bond acceptors (Lipinski definition) is 2. The molecule has 0 aliphatic carbocycles. The summed E-state index contributed by atoms with van der Waals surface area (Å²) in [6.07, 6.45) is 0. The maximum absolute atomic E-state index is 7.26. The van der Waals surface area contributed by atoms with Crippen LogP contribution in [0.2, 0.25) is 0 Å². The summed E-state index contributed by atoms with van der Waals surface area (Å²) in [6.45, 7) is 0. The van der Waals surface area contributed by atoms with E-state index in [4.69, 9.17) is 8.32 Å². The monoisotopic (exact) mass is 126 g/mol. The van der Waals surface area contributed by atoms with E-state index in [0.29, 0.717) is 0 Å². The van der Waals surface area contributed by atoms with E-state index < -0.39 is 15.9 Å². The smallest absolute Gasteiger partial charge is 0.496 e. The van der Waals surface area contributed by atoms with E-state index >= 15 is 0 Å². The van der Waals surface area contributed by atoms with Crippen LogP contribution in [-0.2, 0) is 19.5 Å². The van der Waals surface area contributed by atoms with Crippen molar-refractivity contribution in [2.75, 3.05) is 0 Å². The third-order valence-corrected chi connectivity index (χ3v) is 0. The van der Waals surface area contributed by atoms with Gasteiger partial charge in [0.15, 0.2) is 0 Å². The molecule has 0 bridgehead atoms. The Kier molecular flexibility index (Phi) is 19.9. The van der Waals surface area contributed by atoms with Crippen LogP contribution in [0.4, 0.5) is 0 Å². The SMILES string of the molecule is [OH][AlH][OH].[Zn]. The largest absolute Gasteiger partial charge is 0.644 e. The van der Waals surface area contributed by atoms with Crippen molar-refractivity contribution in [1.82, 2.24) is 0 Å². The molecule has 4 heavy (non-hydrogen) atoms. The third kappa shape index (κ3) is 11.5. The molecule has 0 aromatic carbocycles. The summed E-state index contributed by atoms with van der Waals surface area (Å²) >= 11 is -1.58. The third-order valence-electron chi connectivity index (χ3n) is 0. The van der Waals surface area contributed by atoms with Crippen molar-refractivity contribution in [3.05, 3.63) is 0 Å². The van der Waals surface area contributed by atoms with Gasteiger partial charge in [-0.25, -0.2) is 0 Å². The zero-order valence-corrected chi connectivity index (χ0v) is 6.69. The van der Waals surface area contributed by atoms with Gasteiger partial charge in [-0.1, -0.05) is 0 Å². The molecule has 0 amide bonds. The molecular weight excluding hydrogens is 124 g/mol. The summed E-state index contributed by atoms with van der Waals surface area (Å²) in [5.74, 6) is 0. The van der Waals surface area contributed by atoms with E-state index in [1.807, 2.05) is 0 Å². The Labute approximate surface area is 44.0 Å². The van der Waals surface area contributed by atoms with Crippen molar-refractivity contribution in [3.63, 3.8) is 0 Å². The Morgan fingerprint density at radius 2 is 1.25 bits per heavy atom. The van der Waals surface area contributed by atoms with Crippen LogP contribution in [0, 0.1) is 0 Å². The molecule has 0 radical (unpaired) electrons. The van der Waals surface area contributed by atoms with E-state index in [-0.39, 0.29) is 19.5 Å². The minimum Gasteiger partial charge on any atom is -0.496 e. The fraction of sp³-hybridized carbons (Fsp3) is 0. The number of hydrogen-bond donors (Lipinski definition) is 2. The molecule has 0 unspecified atom stereocenters. The molecule has 4 heteroatoms. The molecular formula is H3AlO2Zn. The van der Waals surface area contributed by atoms with Crippen molar-refractivity contribution >= 4 is 15.9 Å². The van der Waals surface area contributed by atoms with Crippen molar-refractivity contribution in [1.29, 1.82) is 0 Å². The topological polar surface area (TPSA) is 40.5 Å². The van der Waals surface area contributed by atoms with Crippen LogP contribution in [0.3, 0.4) is 0 Å². The van der Waals surface area contributed by atoms with E-state index in [0.717, 1.165) is 0 Å². The summed E-state index contributed by atoms with van der Waals surface area (Å²) in [5, 5.41) is 0. The van der Waals surface area contributed by atoms with Gasteiger partial charge in [0, 0.05) is 19.5 Å². The molecule has 0 aliphatic rings. The van der Waals surface area contributed by atoms with Crippen LogP contribution in [0.25, 0.3) is 0 Å². The average molecular weight is 127 g/mol. The molecule has 0 atom stereocenters. The number of rotatable bonds is 0. The summed E-state index contributed by atoms with van der Waals surface area (Å²) in [7, 11) is 0. The molecule has 2 N–H and O–H groups in total. The predicted octanol–water partition coefficient (Wildman–Crippen LogP) is -1.77. The molecule has 0 aliphatic heterocycles. The molecule has 0 spiro atoms. The van der Waals surface area contributed by atoms with Gasteiger partial charge < -0.3 is 8.32 Å². The van der Waals surface area contributed by atoms with Gasteiger partial charge in [0.25, 0.3) is 0 Å². The Bertz CT molecular complexity index is 6.00. The summed E-state index contributed by atoms with van der Waals surface area (Å²) in [5.41, 5.74) is 0. The van der Waals surface area contributed by atoms with Gasteiger partial charge in [-0.05, 0) is 0 Å². The van der Waals surface area contributed by atoms with E-state index in [2.05, 4.69) is 0 Å². The van der Waals surface area contributed by atoms with Gasteiger partial charge in [-0.15, -0.1) is 0 Å². The molecule has 0 fully saturated rings. The molecule has 2 nitrogen and oxygen atoms in total. The van der Waals surface area contributed by atoms with Crippen molar-refractivity contribution < 1.29 is 27.8 Å². The predicted molar refractivity (Wildman–Crippen MR) is 11.6 cm³/mol. The summed E-state index contributed by atoms with van der Waals surface area (Å²) < 4.78 is 14.5. The van der Waals surface area contributed by atoms with Crippen LogP contribution in [0.1, 0.15) is 0 Å². The van der Waals surface area contributed by atoms with E-state index in [1.165, 1.54) is 0 Å². The Morgan fingerprint density at radius 1 is 1.25 bits per heavy atom. The first-order valence-electron chi connectivity index (χ1n) is 0.632. The first-order valence-corrected chi connectivity index (χ1v) is 1.90. The minimum atomic E-state index is -1.58. The van der Waals surface area contributed by atoms with Crippen molar-refractivity contribution in [2.24, 2.45) is 0 Å². The summed E-state index contributed by atoms with van der Waals surface area (Å²) in [4.78, 5) is 0. The van der Waals surface area contributed by atoms with Gasteiger partial charge >= 0.3 is 15.9 Å². The molecule has 0 saturated carbocycles. The van der Waals surface area contributed by atoms with Crippen molar-refractivity contribution in [3.8, 4) is 0 Å². The van der Waals surface area contributed by atoms with Gasteiger partial charge in [-0.3, -0.25) is 0 Å². The second-order valence-corrected chi connectivity index (χ2v) is 0.424. The van der Waals surface area contributed by atoms with Crippen LogP contribution in [0.15, 0.2) is 0 Å². The minimum absolute atomic E-state index is 0. The maximum atomic E-state index is 7.26. The average Bonchev–Trinajstić information content (AvgIpc) is 0.918. The molecule has 0 aromatic rings. The van der Waals surface area contributed by atoms with Gasteiger partial charge in [0.1, 0.15) is 0 Å². The van der Waals surface area contributed by atoms with Crippen LogP contribution in [0.5, 0.6) is 0 Å². The quantitative estimate of drug-likeness (QED) is 0.378. The first-order chi connectivity index (χ1) is 1.41. The fourth-order valence-corrected chi connectivity index (χ4v) is 0. The van der Waals surface area contributed by atoms with Gasteiger partial charge in [0.05, 0.1) is 0 Å². The molecule has 0 saturated heterocycles. The summed E-state index contributed by atoms with van der Waals surface area (Å²) in [6, 6.07) is 0. The second-order valence-electron chi connectivity index (χ2n) is 0.141. The van der Waals surface area contributed by atoms with Crippen LogP contribution < -0.4 is 0 Å². The molecule has 0 heterocycles. The Hall–Kier alpha value is 1.08. The maximum Gasteiger partial charge on any atom is 0.644 e. The normalized spacial score (nSPS) is 3.50. The van der Waals surface area contributed by atoms with Crippen LogP contribution in [-0.4, -0.2) is 24.2 Å². The second kappa shape index (κ2) is 8.95. The first kappa shape index (κ1) is 8.91. The van der Waals surface area contributed by atoms with E-state index in [1.54, 1.807) is 0 Å². The van der Waals surface area contributed by atoms with Crippen LogP contribution >= 0.6 is 0 Å². The Balaban J connectivity index is 0. The van der Waals surface area contributed by atoms with Gasteiger partial charge in [-0.2, -0.15) is 0 Å². The molecule has 0 rings (SSSR count). The molecule has 0 aromatic heterocycles. The van der Waals surface area contributed by atoms with Gasteiger partial charge in [0.2, 0.25) is 0 Å². The zero-order chi connectivity index (χ0) is 2.71. The Morgan fingerprint density at radius 3 is 1.25 bits per heavy atom. The van der Waals surface area contributed by atoms with E-state index in [9.17, 15) is 0 Å². The standard InChI is InChI=1S/Al.2H2O.Zn.H/h;2*1H2;;/q+2;;;;/p-2. The zero-order valence-electron chi connectivity index (χ0n) is 2.31. The molecule has 20 valence electrons. The van der Waals surface area contributed by atoms with Crippen molar-refractivity contribution in [2.45, 2.75) is 0 Å². The fourth-order valence-electron chi connectivity index (χ4n) is 0.